The normalized spacial score (nSPS) is 16.0. The zero-order valence-electron chi connectivity index (χ0n) is 12.6. The van der Waals surface area contributed by atoms with Crippen molar-refractivity contribution in [2.24, 2.45) is 0 Å². The molecular weight excluding hydrogens is 288 g/mol. The highest BCUT2D eigenvalue weighted by Gasteiger charge is 2.24. The zero-order valence-corrected chi connectivity index (χ0v) is 13.4. The average Bonchev–Trinajstić information content (AvgIpc) is 2.91. The van der Waals surface area contributed by atoms with E-state index in [-0.39, 0.29) is 17.9 Å². The number of methoxy groups -OCH3 is 1. The van der Waals surface area contributed by atoms with Crippen molar-refractivity contribution >= 4 is 23.2 Å². The lowest BCUT2D eigenvalue weighted by atomic mass is 10.0. The van der Waals surface area contributed by atoms with Crippen molar-refractivity contribution in [1.29, 1.82) is 0 Å². The first-order chi connectivity index (χ1) is 10.1. The van der Waals surface area contributed by atoms with Crippen molar-refractivity contribution in [3.63, 3.8) is 0 Å². The van der Waals surface area contributed by atoms with E-state index >= 15 is 0 Å². The average molecular weight is 310 g/mol. The first-order valence-corrected chi connectivity index (χ1v) is 8.16. The van der Waals surface area contributed by atoms with Gasteiger partial charge in [-0.1, -0.05) is 0 Å². The summed E-state index contributed by atoms with van der Waals surface area (Å²) in [5, 5.41) is 6.93. The standard InChI is InChI=1S/C15H22N2O3S/c1-11-9-21-10-13(11)15(19)16-12-3-6-17(7-4-12)14(18)5-8-20-2/h9-10,12H,3-8H2,1-2H3,(H,16,19). The van der Waals surface area contributed by atoms with Crippen LogP contribution in [0.25, 0.3) is 0 Å². The second kappa shape index (κ2) is 7.56. The molecule has 1 aliphatic rings. The van der Waals surface area contributed by atoms with E-state index in [1.807, 2.05) is 22.6 Å². The summed E-state index contributed by atoms with van der Waals surface area (Å²) < 4.78 is 4.93. The summed E-state index contributed by atoms with van der Waals surface area (Å²) in [5.74, 6) is 0.133. The SMILES string of the molecule is COCCC(=O)N1CCC(NC(=O)c2cscc2C)CC1. The summed E-state index contributed by atoms with van der Waals surface area (Å²) in [7, 11) is 1.60. The van der Waals surface area contributed by atoms with Crippen LogP contribution in [0.2, 0.25) is 0 Å². The molecule has 1 saturated heterocycles. The summed E-state index contributed by atoms with van der Waals surface area (Å²) >= 11 is 1.54. The predicted molar refractivity (Wildman–Crippen MR) is 82.6 cm³/mol. The minimum Gasteiger partial charge on any atom is -0.384 e. The number of hydrogen-bond donors (Lipinski definition) is 1. The third kappa shape index (κ3) is 4.28. The lowest BCUT2D eigenvalue weighted by Gasteiger charge is -2.32. The van der Waals surface area contributed by atoms with Crippen LogP contribution in [0.1, 0.15) is 35.2 Å². The summed E-state index contributed by atoms with van der Waals surface area (Å²) in [6.07, 6.45) is 2.06. The van der Waals surface area contributed by atoms with Gasteiger partial charge >= 0.3 is 0 Å². The van der Waals surface area contributed by atoms with E-state index < -0.39 is 0 Å². The second-order valence-electron chi connectivity index (χ2n) is 5.34. The molecular formula is C15H22N2O3S. The van der Waals surface area contributed by atoms with E-state index in [2.05, 4.69) is 5.32 Å². The molecule has 0 aromatic carbocycles. The third-order valence-corrected chi connectivity index (χ3v) is 4.66. The van der Waals surface area contributed by atoms with Gasteiger partial charge in [-0.3, -0.25) is 9.59 Å². The van der Waals surface area contributed by atoms with E-state index in [9.17, 15) is 9.59 Å². The molecule has 1 N–H and O–H groups in total. The predicted octanol–water partition coefficient (Wildman–Crippen LogP) is 1.81. The van der Waals surface area contributed by atoms with Crippen LogP contribution >= 0.6 is 11.3 Å². The van der Waals surface area contributed by atoms with Gasteiger partial charge < -0.3 is 15.0 Å². The van der Waals surface area contributed by atoms with Crippen molar-refractivity contribution in [2.45, 2.75) is 32.2 Å². The number of piperidine rings is 1. The van der Waals surface area contributed by atoms with E-state index in [1.165, 1.54) is 0 Å². The Morgan fingerprint density at radius 2 is 2.10 bits per heavy atom. The lowest BCUT2D eigenvalue weighted by molar-refractivity contribution is -0.133. The van der Waals surface area contributed by atoms with Crippen LogP contribution in [-0.4, -0.2) is 49.6 Å². The molecule has 1 aromatic rings. The first kappa shape index (κ1) is 16.0. The highest BCUT2D eigenvalue weighted by Crippen LogP contribution is 2.16. The Kier molecular flexibility index (Phi) is 5.76. The van der Waals surface area contributed by atoms with Crippen LogP contribution < -0.4 is 5.32 Å². The first-order valence-electron chi connectivity index (χ1n) is 7.22. The van der Waals surface area contributed by atoms with Crippen molar-refractivity contribution in [3.05, 3.63) is 21.9 Å². The topological polar surface area (TPSA) is 58.6 Å². The molecule has 0 atom stereocenters. The second-order valence-corrected chi connectivity index (χ2v) is 6.08. The lowest BCUT2D eigenvalue weighted by Crippen LogP contribution is -2.46. The summed E-state index contributed by atoms with van der Waals surface area (Å²) in [4.78, 5) is 25.9. The van der Waals surface area contributed by atoms with Gasteiger partial charge in [0.1, 0.15) is 0 Å². The van der Waals surface area contributed by atoms with Crippen molar-refractivity contribution in [2.75, 3.05) is 26.8 Å². The molecule has 0 radical (unpaired) electrons. The maximum Gasteiger partial charge on any atom is 0.252 e. The summed E-state index contributed by atoms with van der Waals surface area (Å²) in [5.41, 5.74) is 1.78. The highest BCUT2D eigenvalue weighted by atomic mass is 32.1. The number of carbonyl (C=O) groups excluding carboxylic acids is 2. The molecule has 2 amide bonds. The number of ether oxygens (including phenoxy) is 1. The number of likely N-dealkylation sites (tertiary alicyclic amines) is 1. The van der Waals surface area contributed by atoms with Crippen LogP contribution in [0.5, 0.6) is 0 Å². The van der Waals surface area contributed by atoms with Gasteiger partial charge in [0, 0.05) is 31.6 Å². The van der Waals surface area contributed by atoms with Gasteiger partial charge in [0.05, 0.1) is 18.6 Å². The minimum atomic E-state index is -0.00194. The van der Waals surface area contributed by atoms with Crippen molar-refractivity contribution in [1.82, 2.24) is 10.2 Å². The van der Waals surface area contributed by atoms with E-state index in [0.29, 0.717) is 26.1 Å². The quantitative estimate of drug-likeness (QED) is 0.902. The number of hydrogen-bond acceptors (Lipinski definition) is 4. The molecule has 0 aliphatic carbocycles. The molecule has 0 spiro atoms. The Morgan fingerprint density at radius 1 is 1.38 bits per heavy atom. The molecule has 1 aromatic heterocycles. The van der Waals surface area contributed by atoms with Crippen LogP contribution in [0.15, 0.2) is 10.8 Å². The molecule has 2 heterocycles. The van der Waals surface area contributed by atoms with E-state index in [0.717, 1.165) is 24.0 Å². The Labute approximate surface area is 129 Å². The molecule has 0 bridgehead atoms. The number of nitrogens with zero attached hydrogens (tertiary/aromatic N) is 1. The molecule has 2 rings (SSSR count). The van der Waals surface area contributed by atoms with Gasteiger partial charge in [-0.05, 0) is 30.7 Å². The third-order valence-electron chi connectivity index (χ3n) is 3.80. The van der Waals surface area contributed by atoms with E-state index in [1.54, 1.807) is 18.4 Å². The van der Waals surface area contributed by atoms with Crippen molar-refractivity contribution < 1.29 is 14.3 Å². The molecule has 0 unspecified atom stereocenters. The molecule has 5 nitrogen and oxygen atoms in total. The zero-order chi connectivity index (χ0) is 15.2. The van der Waals surface area contributed by atoms with Gasteiger partial charge in [0.2, 0.25) is 5.91 Å². The largest absolute Gasteiger partial charge is 0.384 e. The number of amides is 2. The van der Waals surface area contributed by atoms with Gasteiger partial charge in [0.15, 0.2) is 0 Å². The number of carbonyl (C=O) groups is 2. The van der Waals surface area contributed by atoms with Gasteiger partial charge in [-0.15, -0.1) is 0 Å². The smallest absolute Gasteiger partial charge is 0.252 e. The monoisotopic (exact) mass is 310 g/mol. The van der Waals surface area contributed by atoms with Crippen LogP contribution in [-0.2, 0) is 9.53 Å². The van der Waals surface area contributed by atoms with Crippen molar-refractivity contribution in [3.8, 4) is 0 Å². The van der Waals surface area contributed by atoms with Gasteiger partial charge in [-0.25, -0.2) is 0 Å². The maximum absolute atomic E-state index is 12.2. The Hall–Kier alpha value is -1.40. The number of thiophene rings is 1. The highest BCUT2D eigenvalue weighted by molar-refractivity contribution is 7.08. The number of nitrogens with one attached hydrogen (secondary N) is 1. The number of aryl methyl sites for hydroxylation is 1. The molecule has 6 heteroatoms. The summed E-state index contributed by atoms with van der Waals surface area (Å²) in [6, 6.07) is 0.156. The van der Waals surface area contributed by atoms with Crippen LogP contribution in [0.4, 0.5) is 0 Å². The fourth-order valence-corrected chi connectivity index (χ4v) is 3.31. The molecule has 1 fully saturated rings. The van der Waals surface area contributed by atoms with Crippen LogP contribution in [0, 0.1) is 6.92 Å². The maximum atomic E-state index is 12.2. The Bertz CT molecular complexity index is 493. The summed E-state index contributed by atoms with van der Waals surface area (Å²) in [6.45, 7) is 3.82. The Morgan fingerprint density at radius 3 is 2.67 bits per heavy atom. The Balaban J connectivity index is 1.78. The number of rotatable bonds is 5. The van der Waals surface area contributed by atoms with Gasteiger partial charge in [-0.2, -0.15) is 11.3 Å². The van der Waals surface area contributed by atoms with Crippen LogP contribution in [0.3, 0.4) is 0 Å². The fraction of sp³-hybridized carbons (Fsp3) is 0.600. The molecule has 21 heavy (non-hydrogen) atoms. The van der Waals surface area contributed by atoms with Gasteiger partial charge in [0.25, 0.3) is 5.91 Å². The molecule has 1 aliphatic heterocycles. The molecule has 0 saturated carbocycles. The van der Waals surface area contributed by atoms with E-state index in [4.69, 9.17) is 4.74 Å². The fourth-order valence-electron chi connectivity index (χ4n) is 2.48. The minimum absolute atomic E-state index is 0.00194. The molecule has 116 valence electrons.